The zero-order valence-corrected chi connectivity index (χ0v) is 11.5. The SMILES string of the molecule is Cc1[nH]c(=O)c(C#N)cc1C(=O)N1CCO[C@@H](C(F)(F)F)C1. The zero-order chi connectivity index (χ0) is 16.5. The van der Waals surface area contributed by atoms with Crippen LogP contribution in [0.25, 0.3) is 0 Å². The molecule has 0 spiro atoms. The van der Waals surface area contributed by atoms with E-state index in [4.69, 9.17) is 5.26 Å². The Bertz CT molecular complexity index is 690. The molecule has 22 heavy (non-hydrogen) atoms. The van der Waals surface area contributed by atoms with Crippen LogP contribution in [0.4, 0.5) is 13.2 Å². The minimum absolute atomic E-state index is 0.000950. The van der Waals surface area contributed by atoms with E-state index in [2.05, 4.69) is 9.72 Å². The Morgan fingerprint density at radius 2 is 2.23 bits per heavy atom. The summed E-state index contributed by atoms with van der Waals surface area (Å²) in [6, 6.07) is 2.73. The lowest BCUT2D eigenvalue weighted by molar-refractivity contribution is -0.233. The molecule has 1 atom stereocenters. The Morgan fingerprint density at radius 3 is 2.82 bits per heavy atom. The molecular formula is C13H12F3N3O3. The first-order valence-electron chi connectivity index (χ1n) is 6.35. The van der Waals surface area contributed by atoms with Crippen molar-refractivity contribution in [2.45, 2.75) is 19.2 Å². The van der Waals surface area contributed by atoms with E-state index in [9.17, 15) is 22.8 Å². The highest BCUT2D eigenvalue weighted by Gasteiger charge is 2.44. The predicted molar refractivity (Wildman–Crippen MR) is 68.2 cm³/mol. The fourth-order valence-corrected chi connectivity index (χ4v) is 2.13. The van der Waals surface area contributed by atoms with Gasteiger partial charge in [0.2, 0.25) is 0 Å². The number of halogens is 3. The monoisotopic (exact) mass is 315 g/mol. The van der Waals surface area contributed by atoms with Gasteiger partial charge in [-0.1, -0.05) is 0 Å². The molecule has 0 saturated carbocycles. The summed E-state index contributed by atoms with van der Waals surface area (Å²) in [6.07, 6.45) is -6.60. The summed E-state index contributed by atoms with van der Waals surface area (Å²) in [4.78, 5) is 27.1. The fourth-order valence-electron chi connectivity index (χ4n) is 2.13. The highest BCUT2D eigenvalue weighted by molar-refractivity contribution is 5.95. The molecule has 0 bridgehead atoms. The number of aryl methyl sites for hydroxylation is 1. The summed E-state index contributed by atoms with van der Waals surface area (Å²) in [5, 5.41) is 8.81. The van der Waals surface area contributed by atoms with E-state index < -0.39 is 30.3 Å². The molecule has 1 aromatic rings. The summed E-state index contributed by atoms with van der Waals surface area (Å²) in [5.74, 6) is -0.678. The number of nitrogens with zero attached hydrogens (tertiary/aromatic N) is 2. The molecule has 9 heteroatoms. The summed E-state index contributed by atoms with van der Waals surface area (Å²) in [7, 11) is 0. The minimum Gasteiger partial charge on any atom is -0.365 e. The van der Waals surface area contributed by atoms with Crippen molar-refractivity contribution >= 4 is 5.91 Å². The molecule has 1 aromatic heterocycles. The fraction of sp³-hybridized carbons (Fsp3) is 0.462. The Labute approximate surface area is 123 Å². The Hall–Kier alpha value is -2.34. The van der Waals surface area contributed by atoms with Crippen LogP contribution in [0.3, 0.4) is 0 Å². The van der Waals surface area contributed by atoms with Crippen molar-refractivity contribution in [1.29, 1.82) is 5.26 Å². The van der Waals surface area contributed by atoms with Gasteiger partial charge in [-0.25, -0.2) is 0 Å². The number of nitrogens with one attached hydrogen (secondary N) is 1. The number of carbonyl (C=O) groups excluding carboxylic acids is 1. The Morgan fingerprint density at radius 1 is 1.55 bits per heavy atom. The van der Waals surface area contributed by atoms with Crippen molar-refractivity contribution in [3.63, 3.8) is 0 Å². The lowest BCUT2D eigenvalue weighted by atomic mass is 10.1. The smallest absolute Gasteiger partial charge is 0.365 e. The van der Waals surface area contributed by atoms with Crippen LogP contribution in [-0.2, 0) is 4.74 Å². The van der Waals surface area contributed by atoms with E-state index in [1.807, 2.05) is 0 Å². The van der Waals surface area contributed by atoms with Gasteiger partial charge < -0.3 is 14.6 Å². The summed E-state index contributed by atoms with van der Waals surface area (Å²) < 4.78 is 42.7. The van der Waals surface area contributed by atoms with Crippen LogP contribution in [0.15, 0.2) is 10.9 Å². The van der Waals surface area contributed by atoms with Gasteiger partial charge in [-0.3, -0.25) is 9.59 Å². The van der Waals surface area contributed by atoms with Gasteiger partial charge >= 0.3 is 6.18 Å². The van der Waals surface area contributed by atoms with Gasteiger partial charge in [0.15, 0.2) is 6.10 Å². The second-order valence-corrected chi connectivity index (χ2v) is 4.81. The average Bonchev–Trinajstić information content (AvgIpc) is 2.46. The van der Waals surface area contributed by atoms with E-state index >= 15 is 0 Å². The van der Waals surface area contributed by atoms with Crippen LogP contribution in [0.2, 0.25) is 0 Å². The van der Waals surface area contributed by atoms with Crippen LogP contribution in [0, 0.1) is 18.3 Å². The van der Waals surface area contributed by atoms with Crippen molar-refractivity contribution in [2.75, 3.05) is 19.7 Å². The molecule has 0 aliphatic carbocycles. The number of aromatic nitrogens is 1. The molecule has 0 unspecified atom stereocenters. The Kier molecular flexibility index (Phi) is 4.23. The molecule has 2 rings (SSSR count). The van der Waals surface area contributed by atoms with Crippen LogP contribution in [0.1, 0.15) is 21.6 Å². The molecular weight excluding hydrogens is 303 g/mol. The number of alkyl halides is 3. The summed E-state index contributed by atoms with van der Waals surface area (Å²) in [6.45, 7) is 0.593. The third-order valence-electron chi connectivity index (χ3n) is 3.31. The zero-order valence-electron chi connectivity index (χ0n) is 11.5. The maximum Gasteiger partial charge on any atom is 0.416 e. The normalized spacial score (nSPS) is 18.9. The number of carbonyl (C=O) groups is 1. The van der Waals surface area contributed by atoms with E-state index in [-0.39, 0.29) is 30.0 Å². The first-order chi connectivity index (χ1) is 10.2. The van der Waals surface area contributed by atoms with Crippen LogP contribution >= 0.6 is 0 Å². The van der Waals surface area contributed by atoms with E-state index in [1.54, 1.807) is 6.07 Å². The topological polar surface area (TPSA) is 86.2 Å². The molecule has 0 radical (unpaired) electrons. The van der Waals surface area contributed by atoms with E-state index in [1.165, 1.54) is 6.92 Å². The summed E-state index contributed by atoms with van der Waals surface area (Å²) >= 11 is 0. The summed E-state index contributed by atoms with van der Waals surface area (Å²) in [5.41, 5.74) is -0.718. The number of pyridine rings is 1. The highest BCUT2D eigenvalue weighted by atomic mass is 19.4. The van der Waals surface area contributed by atoms with Gasteiger partial charge in [-0.15, -0.1) is 0 Å². The molecule has 1 fully saturated rings. The molecule has 2 heterocycles. The number of rotatable bonds is 1. The lowest BCUT2D eigenvalue weighted by Crippen LogP contribution is -2.51. The lowest BCUT2D eigenvalue weighted by Gasteiger charge is -2.34. The van der Waals surface area contributed by atoms with Gasteiger partial charge in [0.25, 0.3) is 11.5 Å². The largest absolute Gasteiger partial charge is 0.416 e. The van der Waals surface area contributed by atoms with Crippen LogP contribution in [-0.4, -0.2) is 47.8 Å². The second kappa shape index (κ2) is 5.81. The van der Waals surface area contributed by atoms with Gasteiger partial charge in [-0.05, 0) is 13.0 Å². The standard InChI is InChI=1S/C13H12F3N3O3/c1-7-9(4-8(5-17)11(20)18-7)12(21)19-2-3-22-10(6-19)13(14,15)16/h4,10H,2-3,6H2,1H3,(H,18,20)/t10-/m1/s1. The number of nitriles is 1. The van der Waals surface area contributed by atoms with Crippen molar-refractivity contribution < 1.29 is 22.7 Å². The molecule has 1 saturated heterocycles. The Balaban J connectivity index is 2.29. The first kappa shape index (κ1) is 16.0. The minimum atomic E-state index is -4.56. The number of ether oxygens (including phenoxy) is 1. The second-order valence-electron chi connectivity index (χ2n) is 4.81. The van der Waals surface area contributed by atoms with E-state index in [0.717, 1.165) is 11.0 Å². The number of H-pyrrole nitrogens is 1. The van der Waals surface area contributed by atoms with Crippen molar-refractivity contribution in [3.8, 4) is 6.07 Å². The van der Waals surface area contributed by atoms with Gasteiger partial charge in [0.1, 0.15) is 11.6 Å². The average molecular weight is 315 g/mol. The van der Waals surface area contributed by atoms with Gasteiger partial charge in [-0.2, -0.15) is 18.4 Å². The number of morpholine rings is 1. The molecule has 1 N–H and O–H groups in total. The maximum atomic E-state index is 12.7. The third kappa shape index (κ3) is 3.12. The molecule has 118 valence electrons. The van der Waals surface area contributed by atoms with Crippen molar-refractivity contribution in [2.24, 2.45) is 0 Å². The number of amides is 1. The number of aromatic amines is 1. The number of hydrogen-bond donors (Lipinski definition) is 1. The molecule has 1 amide bonds. The maximum absolute atomic E-state index is 12.7. The van der Waals surface area contributed by atoms with Gasteiger partial charge in [0, 0.05) is 12.2 Å². The van der Waals surface area contributed by atoms with E-state index in [0.29, 0.717) is 0 Å². The molecule has 0 aromatic carbocycles. The first-order valence-corrected chi connectivity index (χ1v) is 6.35. The third-order valence-corrected chi connectivity index (χ3v) is 3.31. The quantitative estimate of drug-likeness (QED) is 0.836. The molecule has 1 aliphatic rings. The van der Waals surface area contributed by atoms with Crippen LogP contribution in [0.5, 0.6) is 0 Å². The van der Waals surface area contributed by atoms with Crippen molar-refractivity contribution in [1.82, 2.24) is 9.88 Å². The van der Waals surface area contributed by atoms with Gasteiger partial charge in [0.05, 0.1) is 18.7 Å². The molecule has 1 aliphatic heterocycles. The number of hydrogen-bond acceptors (Lipinski definition) is 4. The molecule has 6 nitrogen and oxygen atoms in total. The van der Waals surface area contributed by atoms with Crippen molar-refractivity contribution in [3.05, 3.63) is 33.2 Å². The predicted octanol–water partition coefficient (Wildman–Crippen LogP) is 0.958. The van der Waals surface area contributed by atoms with Crippen LogP contribution < -0.4 is 5.56 Å². The highest BCUT2D eigenvalue weighted by Crippen LogP contribution is 2.26.